The SMILES string of the molecule is Cc1c(C(=O)NCCCN2CCNCC2)nnn1-c1ccc2ncccc2c1.Cl.Cl. The molecule has 0 spiro atoms. The van der Waals surface area contributed by atoms with Gasteiger partial charge in [0.15, 0.2) is 5.69 Å². The summed E-state index contributed by atoms with van der Waals surface area (Å²) >= 11 is 0. The quantitative estimate of drug-likeness (QED) is 0.557. The van der Waals surface area contributed by atoms with Gasteiger partial charge in [-0.2, -0.15) is 0 Å². The molecule has 1 aromatic carbocycles. The van der Waals surface area contributed by atoms with Gasteiger partial charge in [-0.05, 0) is 44.2 Å². The van der Waals surface area contributed by atoms with Crippen molar-refractivity contribution in [2.75, 3.05) is 39.3 Å². The highest BCUT2D eigenvalue weighted by Gasteiger charge is 2.17. The van der Waals surface area contributed by atoms with Crippen LogP contribution < -0.4 is 10.6 Å². The molecule has 162 valence electrons. The van der Waals surface area contributed by atoms with Crippen LogP contribution in [0.3, 0.4) is 0 Å². The third-order valence-corrected chi connectivity index (χ3v) is 5.09. The van der Waals surface area contributed by atoms with Crippen molar-refractivity contribution in [3.63, 3.8) is 0 Å². The first-order valence-electron chi connectivity index (χ1n) is 9.71. The molecule has 1 aliphatic rings. The molecule has 30 heavy (non-hydrogen) atoms. The Labute approximate surface area is 188 Å². The highest BCUT2D eigenvalue weighted by atomic mass is 35.5. The number of carbonyl (C=O) groups excluding carboxylic acids is 1. The van der Waals surface area contributed by atoms with E-state index in [0.29, 0.717) is 12.2 Å². The minimum atomic E-state index is -0.175. The number of piperazine rings is 1. The van der Waals surface area contributed by atoms with E-state index in [1.807, 2.05) is 37.3 Å². The van der Waals surface area contributed by atoms with E-state index in [1.165, 1.54) is 0 Å². The maximum absolute atomic E-state index is 12.5. The minimum absolute atomic E-state index is 0. The fraction of sp³-hybridized carbons (Fsp3) is 0.400. The van der Waals surface area contributed by atoms with Gasteiger partial charge in [-0.15, -0.1) is 29.9 Å². The zero-order valence-electron chi connectivity index (χ0n) is 16.9. The third-order valence-electron chi connectivity index (χ3n) is 5.09. The Kier molecular flexibility index (Phi) is 8.98. The van der Waals surface area contributed by atoms with E-state index in [2.05, 4.69) is 30.8 Å². The number of rotatable bonds is 6. The normalized spacial score (nSPS) is 14.0. The van der Waals surface area contributed by atoms with Gasteiger partial charge in [0.25, 0.3) is 5.91 Å². The van der Waals surface area contributed by atoms with E-state index in [-0.39, 0.29) is 30.7 Å². The van der Waals surface area contributed by atoms with Crippen LogP contribution in [0.2, 0.25) is 0 Å². The Balaban J connectivity index is 0.00000160. The first-order valence-corrected chi connectivity index (χ1v) is 9.71. The van der Waals surface area contributed by atoms with Crippen molar-refractivity contribution in [3.05, 3.63) is 47.9 Å². The fourth-order valence-electron chi connectivity index (χ4n) is 3.50. The van der Waals surface area contributed by atoms with E-state index >= 15 is 0 Å². The summed E-state index contributed by atoms with van der Waals surface area (Å²) in [5.74, 6) is -0.175. The van der Waals surface area contributed by atoms with Gasteiger partial charge in [-0.25, -0.2) is 4.68 Å². The lowest BCUT2D eigenvalue weighted by Crippen LogP contribution is -2.44. The number of benzene rings is 1. The second-order valence-corrected chi connectivity index (χ2v) is 7.02. The van der Waals surface area contributed by atoms with Crippen LogP contribution in [0.25, 0.3) is 16.6 Å². The van der Waals surface area contributed by atoms with Gasteiger partial charge in [0.2, 0.25) is 0 Å². The molecule has 0 radical (unpaired) electrons. The number of fused-ring (bicyclic) bond motifs is 1. The molecule has 4 rings (SSSR count). The highest BCUT2D eigenvalue weighted by Crippen LogP contribution is 2.18. The molecule has 0 bridgehead atoms. The second kappa shape index (κ2) is 11.2. The van der Waals surface area contributed by atoms with Crippen LogP contribution in [-0.4, -0.2) is 70.1 Å². The molecule has 3 aromatic rings. The molecular formula is C20H27Cl2N7O. The molecule has 2 aromatic heterocycles. The lowest BCUT2D eigenvalue weighted by atomic mass is 10.2. The summed E-state index contributed by atoms with van der Waals surface area (Å²) in [6.45, 7) is 7.73. The molecule has 10 heteroatoms. The predicted molar refractivity (Wildman–Crippen MR) is 122 cm³/mol. The fourth-order valence-corrected chi connectivity index (χ4v) is 3.50. The van der Waals surface area contributed by atoms with Gasteiger partial charge in [0, 0.05) is 44.3 Å². The largest absolute Gasteiger partial charge is 0.351 e. The van der Waals surface area contributed by atoms with Crippen molar-refractivity contribution in [3.8, 4) is 5.69 Å². The Bertz CT molecular complexity index is 973. The number of nitrogens with one attached hydrogen (secondary N) is 2. The number of carbonyl (C=O) groups is 1. The minimum Gasteiger partial charge on any atom is -0.351 e. The Morgan fingerprint density at radius 3 is 2.80 bits per heavy atom. The molecule has 1 saturated heterocycles. The molecule has 0 aliphatic carbocycles. The van der Waals surface area contributed by atoms with Crippen molar-refractivity contribution in [2.24, 2.45) is 0 Å². The number of nitrogens with zero attached hydrogens (tertiary/aromatic N) is 5. The highest BCUT2D eigenvalue weighted by molar-refractivity contribution is 5.93. The first-order chi connectivity index (χ1) is 13.7. The van der Waals surface area contributed by atoms with Gasteiger partial charge in [-0.1, -0.05) is 11.3 Å². The van der Waals surface area contributed by atoms with Gasteiger partial charge < -0.3 is 15.5 Å². The topological polar surface area (TPSA) is 88.0 Å². The molecule has 0 saturated carbocycles. The second-order valence-electron chi connectivity index (χ2n) is 7.02. The Morgan fingerprint density at radius 1 is 1.20 bits per heavy atom. The maximum atomic E-state index is 12.5. The zero-order valence-corrected chi connectivity index (χ0v) is 18.5. The molecule has 0 atom stereocenters. The Hall–Kier alpha value is -2.26. The summed E-state index contributed by atoms with van der Waals surface area (Å²) in [7, 11) is 0. The van der Waals surface area contributed by atoms with E-state index in [0.717, 1.165) is 61.4 Å². The summed E-state index contributed by atoms with van der Waals surface area (Å²) in [6, 6.07) is 9.79. The Morgan fingerprint density at radius 2 is 2.00 bits per heavy atom. The number of amides is 1. The van der Waals surface area contributed by atoms with E-state index in [4.69, 9.17) is 0 Å². The van der Waals surface area contributed by atoms with E-state index < -0.39 is 0 Å². The molecule has 2 N–H and O–H groups in total. The predicted octanol–water partition coefficient (Wildman–Crippen LogP) is 1.99. The molecule has 8 nitrogen and oxygen atoms in total. The molecule has 0 unspecified atom stereocenters. The number of hydrogen-bond donors (Lipinski definition) is 2. The van der Waals surface area contributed by atoms with E-state index in [9.17, 15) is 4.79 Å². The summed E-state index contributed by atoms with van der Waals surface area (Å²) in [4.78, 5) is 19.3. The van der Waals surface area contributed by atoms with Crippen LogP contribution in [0.15, 0.2) is 36.5 Å². The lowest BCUT2D eigenvalue weighted by molar-refractivity contribution is 0.0945. The van der Waals surface area contributed by atoms with Crippen molar-refractivity contribution in [2.45, 2.75) is 13.3 Å². The summed E-state index contributed by atoms with van der Waals surface area (Å²) < 4.78 is 1.70. The van der Waals surface area contributed by atoms with Crippen LogP contribution in [0.1, 0.15) is 22.6 Å². The van der Waals surface area contributed by atoms with Crippen LogP contribution in [-0.2, 0) is 0 Å². The molecular weight excluding hydrogens is 425 g/mol. The van der Waals surface area contributed by atoms with Gasteiger partial charge in [-0.3, -0.25) is 9.78 Å². The lowest BCUT2D eigenvalue weighted by Gasteiger charge is -2.26. The van der Waals surface area contributed by atoms with Crippen molar-refractivity contribution in [1.82, 2.24) is 35.5 Å². The molecule has 3 heterocycles. The monoisotopic (exact) mass is 451 g/mol. The van der Waals surface area contributed by atoms with Crippen molar-refractivity contribution in [1.29, 1.82) is 0 Å². The third kappa shape index (κ3) is 5.46. The summed E-state index contributed by atoms with van der Waals surface area (Å²) in [5.41, 5.74) is 2.88. The molecule has 1 fully saturated rings. The van der Waals surface area contributed by atoms with Crippen LogP contribution in [0, 0.1) is 6.92 Å². The van der Waals surface area contributed by atoms with Crippen molar-refractivity contribution < 1.29 is 4.79 Å². The summed E-state index contributed by atoms with van der Waals surface area (Å²) in [6.07, 6.45) is 2.70. The smallest absolute Gasteiger partial charge is 0.273 e. The van der Waals surface area contributed by atoms with Gasteiger partial charge in [0.1, 0.15) is 0 Å². The number of pyridine rings is 1. The average molecular weight is 452 g/mol. The molecule has 1 amide bonds. The van der Waals surface area contributed by atoms with Crippen LogP contribution in [0.5, 0.6) is 0 Å². The van der Waals surface area contributed by atoms with Crippen LogP contribution >= 0.6 is 24.8 Å². The maximum Gasteiger partial charge on any atom is 0.273 e. The molecule has 1 aliphatic heterocycles. The van der Waals surface area contributed by atoms with Gasteiger partial charge in [0.05, 0.1) is 16.9 Å². The van der Waals surface area contributed by atoms with E-state index in [1.54, 1.807) is 10.9 Å². The number of aromatic nitrogens is 4. The van der Waals surface area contributed by atoms with Crippen molar-refractivity contribution >= 4 is 41.6 Å². The van der Waals surface area contributed by atoms with Gasteiger partial charge >= 0.3 is 0 Å². The zero-order chi connectivity index (χ0) is 19.3. The standard InChI is InChI=1S/C20H25N7O.2ClH/c1-15-19(20(28)23-8-3-11-26-12-9-21-10-13-26)24-25-27(15)17-5-6-18-16(14-17)4-2-7-22-18;;/h2,4-7,14,21H,3,8-13H2,1H3,(H,23,28);2*1H. The van der Waals surface area contributed by atoms with Crippen LogP contribution in [0.4, 0.5) is 0 Å². The average Bonchev–Trinajstić information content (AvgIpc) is 3.13. The number of hydrogen-bond acceptors (Lipinski definition) is 6. The summed E-state index contributed by atoms with van der Waals surface area (Å²) in [5, 5.41) is 15.6. The first kappa shape index (κ1) is 24.0. The number of halogens is 2.